The van der Waals surface area contributed by atoms with E-state index in [1.165, 1.54) is 18.3 Å². The smallest absolute Gasteiger partial charge is 0.258 e. The molecule has 0 saturated carbocycles. The van der Waals surface area contributed by atoms with Crippen molar-refractivity contribution in [2.45, 2.75) is 16.8 Å². The Labute approximate surface area is 106 Å². The van der Waals surface area contributed by atoms with E-state index in [0.29, 0.717) is 4.90 Å². The molecule has 0 bridgehead atoms. The normalized spacial score (nSPS) is 12.1. The third-order valence-electron chi connectivity index (χ3n) is 2.36. The van der Waals surface area contributed by atoms with Crippen LogP contribution in [-0.4, -0.2) is 14.1 Å². The van der Waals surface area contributed by atoms with Gasteiger partial charge in [-0.25, -0.2) is 9.19 Å². The number of hydrogen-bond donors (Lipinski definition) is 0. The maximum Gasteiger partial charge on any atom is 0.304 e. The van der Waals surface area contributed by atoms with Crippen LogP contribution in [0.4, 0.5) is 5.69 Å². The van der Waals surface area contributed by atoms with Crippen LogP contribution in [0.25, 0.3) is 0 Å². The average Bonchev–Trinajstić information content (AvgIpc) is 2.39. The van der Waals surface area contributed by atoms with Crippen molar-refractivity contribution in [3.63, 3.8) is 0 Å². The summed E-state index contributed by atoms with van der Waals surface area (Å²) in [5.74, 6) is 0. The Kier molecular flexibility index (Phi) is 3.47. The molecule has 1 unspecified atom stereocenters. The van der Waals surface area contributed by atoms with Crippen LogP contribution in [0.2, 0.25) is 0 Å². The molecule has 2 rings (SSSR count). The summed E-state index contributed by atoms with van der Waals surface area (Å²) >= 11 is 0. The van der Waals surface area contributed by atoms with E-state index in [1.54, 1.807) is 12.1 Å². The first-order valence-electron chi connectivity index (χ1n) is 5.17. The van der Waals surface area contributed by atoms with E-state index >= 15 is 0 Å². The highest BCUT2D eigenvalue weighted by molar-refractivity contribution is 7.85. The highest BCUT2D eigenvalue weighted by Gasteiger charge is 2.21. The minimum atomic E-state index is -1.64. The number of benzene rings is 1. The summed E-state index contributed by atoms with van der Waals surface area (Å²) < 4.78 is 12.2. The number of hydrogen-bond acceptors (Lipinski definition) is 4. The molecule has 0 aliphatic rings. The number of rotatable bonds is 3. The van der Waals surface area contributed by atoms with Gasteiger partial charge in [0.1, 0.15) is 10.8 Å². The Morgan fingerprint density at radius 1 is 1.22 bits per heavy atom. The zero-order chi connectivity index (χ0) is 13.1. The summed E-state index contributed by atoms with van der Waals surface area (Å²) in [7, 11) is -1.64. The average molecular weight is 262 g/mol. The molecule has 0 amide bonds. The third kappa shape index (κ3) is 2.43. The van der Waals surface area contributed by atoms with Gasteiger partial charge in [-0.3, -0.25) is 10.1 Å². The number of aromatic nitrogens is 1. The van der Waals surface area contributed by atoms with Gasteiger partial charge in [0.2, 0.25) is 5.03 Å². The molecule has 2 aromatic rings. The zero-order valence-corrected chi connectivity index (χ0v) is 10.4. The molecule has 0 spiro atoms. The third-order valence-corrected chi connectivity index (χ3v) is 3.72. The summed E-state index contributed by atoms with van der Waals surface area (Å²) in [5, 5.41) is 10.8. The Balaban J connectivity index is 2.46. The maximum atomic E-state index is 12.2. The van der Waals surface area contributed by atoms with Crippen molar-refractivity contribution >= 4 is 16.5 Å². The van der Waals surface area contributed by atoms with E-state index in [2.05, 4.69) is 4.98 Å². The Hall–Kier alpha value is -2.08. The van der Waals surface area contributed by atoms with Gasteiger partial charge in [-0.15, -0.1) is 0 Å². The highest BCUT2D eigenvalue weighted by atomic mass is 32.2. The molecule has 1 atom stereocenters. The molecule has 92 valence electrons. The minimum Gasteiger partial charge on any atom is -0.258 e. The minimum absolute atomic E-state index is 0.0219. The van der Waals surface area contributed by atoms with Crippen LogP contribution in [0.3, 0.4) is 0 Å². The first-order chi connectivity index (χ1) is 8.59. The Morgan fingerprint density at radius 2 is 1.89 bits per heavy atom. The zero-order valence-electron chi connectivity index (χ0n) is 9.57. The molecule has 1 heterocycles. The molecule has 0 N–H and O–H groups in total. The fourth-order valence-corrected chi connectivity index (χ4v) is 2.53. The van der Waals surface area contributed by atoms with Crippen molar-refractivity contribution in [3.8, 4) is 0 Å². The second-order valence-electron chi connectivity index (χ2n) is 3.67. The van der Waals surface area contributed by atoms with E-state index in [0.717, 1.165) is 5.56 Å². The monoisotopic (exact) mass is 262 g/mol. The molecule has 0 fully saturated rings. The van der Waals surface area contributed by atoms with Gasteiger partial charge in [0, 0.05) is 17.2 Å². The summed E-state index contributed by atoms with van der Waals surface area (Å²) in [5.41, 5.74) is 0.808. The second kappa shape index (κ2) is 5.05. The number of pyridine rings is 1. The molecule has 5 nitrogen and oxygen atoms in total. The molecule has 1 aromatic heterocycles. The predicted octanol–water partition coefficient (Wildman–Crippen LogP) is 2.46. The van der Waals surface area contributed by atoms with E-state index < -0.39 is 15.7 Å². The number of nitrogens with zero attached hydrogens (tertiary/aromatic N) is 2. The van der Waals surface area contributed by atoms with Gasteiger partial charge in [0.25, 0.3) is 0 Å². The second-order valence-corrected chi connectivity index (χ2v) is 5.06. The van der Waals surface area contributed by atoms with E-state index in [9.17, 15) is 14.3 Å². The van der Waals surface area contributed by atoms with E-state index in [4.69, 9.17) is 0 Å². The molecule has 1 aromatic carbocycles. The highest BCUT2D eigenvalue weighted by Crippen LogP contribution is 2.23. The van der Waals surface area contributed by atoms with Crippen LogP contribution in [-0.2, 0) is 10.8 Å². The van der Waals surface area contributed by atoms with Gasteiger partial charge >= 0.3 is 5.69 Å². The lowest BCUT2D eigenvalue weighted by Gasteiger charge is -2.02. The Morgan fingerprint density at radius 3 is 2.50 bits per heavy atom. The summed E-state index contributed by atoms with van der Waals surface area (Å²) in [6.45, 7) is 1.91. The molecule has 0 aliphatic carbocycles. The lowest BCUT2D eigenvalue weighted by molar-refractivity contribution is -0.388. The SMILES string of the molecule is Cc1ccc(S(=O)c2ncccc2[N+](=O)[O-])cc1. The number of aryl methyl sites for hydroxylation is 1. The van der Waals surface area contributed by atoms with Crippen LogP contribution in [0.5, 0.6) is 0 Å². The largest absolute Gasteiger partial charge is 0.304 e. The fraction of sp³-hybridized carbons (Fsp3) is 0.0833. The van der Waals surface area contributed by atoms with Gasteiger partial charge < -0.3 is 0 Å². The van der Waals surface area contributed by atoms with Crippen molar-refractivity contribution in [3.05, 3.63) is 58.3 Å². The van der Waals surface area contributed by atoms with Crippen molar-refractivity contribution in [2.75, 3.05) is 0 Å². The van der Waals surface area contributed by atoms with Crippen LogP contribution < -0.4 is 0 Å². The van der Waals surface area contributed by atoms with Gasteiger partial charge in [-0.05, 0) is 25.1 Å². The quantitative estimate of drug-likeness (QED) is 0.629. The standard InChI is InChI=1S/C12H10N2O3S/c1-9-4-6-10(7-5-9)18(17)12-11(14(15)16)3-2-8-13-12/h2-8H,1H3. The number of nitro groups is 1. The molecule has 18 heavy (non-hydrogen) atoms. The fourth-order valence-electron chi connectivity index (χ4n) is 1.44. The van der Waals surface area contributed by atoms with Crippen LogP contribution in [0.15, 0.2) is 52.5 Å². The van der Waals surface area contributed by atoms with Gasteiger partial charge in [0.15, 0.2) is 0 Å². The van der Waals surface area contributed by atoms with Crippen molar-refractivity contribution in [2.24, 2.45) is 0 Å². The molecule has 0 radical (unpaired) electrons. The maximum absolute atomic E-state index is 12.2. The summed E-state index contributed by atoms with van der Waals surface area (Å²) in [6, 6.07) is 9.74. The summed E-state index contributed by atoms with van der Waals surface area (Å²) in [6.07, 6.45) is 1.40. The van der Waals surface area contributed by atoms with E-state index in [1.807, 2.05) is 19.1 Å². The first kappa shape index (κ1) is 12.4. The lowest BCUT2D eigenvalue weighted by atomic mass is 10.2. The van der Waals surface area contributed by atoms with Gasteiger partial charge in [0.05, 0.1) is 4.92 Å². The van der Waals surface area contributed by atoms with Crippen molar-refractivity contribution in [1.82, 2.24) is 4.98 Å². The van der Waals surface area contributed by atoms with Crippen molar-refractivity contribution in [1.29, 1.82) is 0 Å². The van der Waals surface area contributed by atoms with Crippen LogP contribution >= 0.6 is 0 Å². The van der Waals surface area contributed by atoms with Crippen molar-refractivity contribution < 1.29 is 9.13 Å². The Bertz CT molecular complexity index is 611. The molecule has 0 saturated heterocycles. The molecule has 0 aliphatic heterocycles. The summed E-state index contributed by atoms with van der Waals surface area (Å²) in [4.78, 5) is 14.6. The van der Waals surface area contributed by atoms with Gasteiger partial charge in [-0.2, -0.15) is 0 Å². The first-order valence-corrected chi connectivity index (χ1v) is 6.32. The van der Waals surface area contributed by atoms with Gasteiger partial charge in [-0.1, -0.05) is 17.7 Å². The molecular formula is C12H10N2O3S. The molecular weight excluding hydrogens is 252 g/mol. The van der Waals surface area contributed by atoms with Crippen LogP contribution in [0.1, 0.15) is 5.56 Å². The predicted molar refractivity (Wildman–Crippen MR) is 66.7 cm³/mol. The lowest BCUT2D eigenvalue weighted by Crippen LogP contribution is -2.01. The van der Waals surface area contributed by atoms with Crippen LogP contribution in [0, 0.1) is 17.0 Å². The van der Waals surface area contributed by atoms with E-state index in [-0.39, 0.29) is 10.7 Å². The molecule has 6 heteroatoms. The topological polar surface area (TPSA) is 73.1 Å².